The second-order valence-electron chi connectivity index (χ2n) is 4.83. The Bertz CT molecular complexity index is 536. The van der Waals surface area contributed by atoms with E-state index in [2.05, 4.69) is 17.2 Å². The van der Waals surface area contributed by atoms with Crippen LogP contribution in [-0.2, 0) is 9.53 Å². The van der Waals surface area contributed by atoms with Gasteiger partial charge < -0.3 is 15.2 Å². The van der Waals surface area contributed by atoms with Crippen molar-refractivity contribution in [2.75, 3.05) is 18.5 Å². The topological polar surface area (TPSA) is 58.6 Å². The van der Waals surface area contributed by atoms with Crippen LogP contribution in [0.3, 0.4) is 0 Å². The standard InChI is InChI=1S/C16H19NO3/c1-12-11-14(8-7-13(12)5-4-9-18)17-16(19)15-6-2-3-10-20-15/h7-8,11,15,18H,2-3,6,9-10H2,1H3,(H,17,19). The number of anilines is 1. The quantitative estimate of drug-likeness (QED) is 0.808. The lowest BCUT2D eigenvalue weighted by Crippen LogP contribution is -2.33. The smallest absolute Gasteiger partial charge is 0.253 e. The van der Waals surface area contributed by atoms with Crippen molar-refractivity contribution < 1.29 is 14.6 Å². The molecule has 1 aliphatic heterocycles. The number of aliphatic hydroxyl groups excluding tert-OH is 1. The van der Waals surface area contributed by atoms with E-state index in [1.807, 2.05) is 25.1 Å². The van der Waals surface area contributed by atoms with Gasteiger partial charge in [-0.1, -0.05) is 11.8 Å². The first-order valence-electron chi connectivity index (χ1n) is 6.83. The molecule has 0 radical (unpaired) electrons. The average Bonchev–Trinajstić information content (AvgIpc) is 2.47. The second kappa shape index (κ2) is 7.09. The van der Waals surface area contributed by atoms with Gasteiger partial charge in [-0.3, -0.25) is 4.79 Å². The Balaban J connectivity index is 2.02. The van der Waals surface area contributed by atoms with Gasteiger partial charge in [0.2, 0.25) is 0 Å². The summed E-state index contributed by atoms with van der Waals surface area (Å²) in [6.45, 7) is 2.43. The summed E-state index contributed by atoms with van der Waals surface area (Å²) in [7, 11) is 0. The van der Waals surface area contributed by atoms with E-state index in [0.717, 1.165) is 36.1 Å². The van der Waals surface area contributed by atoms with E-state index < -0.39 is 0 Å². The molecule has 1 amide bonds. The summed E-state index contributed by atoms with van der Waals surface area (Å²) in [6, 6.07) is 5.53. The van der Waals surface area contributed by atoms with E-state index in [4.69, 9.17) is 9.84 Å². The molecule has 2 rings (SSSR count). The number of hydrogen-bond donors (Lipinski definition) is 2. The number of amides is 1. The third-order valence-electron chi connectivity index (χ3n) is 3.27. The third-order valence-corrected chi connectivity index (χ3v) is 3.27. The molecule has 0 spiro atoms. The molecule has 2 N–H and O–H groups in total. The van der Waals surface area contributed by atoms with Gasteiger partial charge in [0.15, 0.2) is 0 Å². The number of rotatable bonds is 2. The number of benzene rings is 1. The van der Waals surface area contributed by atoms with Crippen LogP contribution in [0.2, 0.25) is 0 Å². The molecule has 1 aromatic carbocycles. The lowest BCUT2D eigenvalue weighted by molar-refractivity contribution is -0.129. The van der Waals surface area contributed by atoms with Gasteiger partial charge in [0.25, 0.3) is 5.91 Å². The molecule has 1 heterocycles. The maximum Gasteiger partial charge on any atom is 0.253 e. The van der Waals surface area contributed by atoms with Crippen LogP contribution < -0.4 is 5.32 Å². The van der Waals surface area contributed by atoms with Crippen molar-refractivity contribution in [3.05, 3.63) is 29.3 Å². The zero-order chi connectivity index (χ0) is 14.4. The first kappa shape index (κ1) is 14.6. The summed E-state index contributed by atoms with van der Waals surface area (Å²) in [5.74, 6) is 5.40. The Kier molecular flexibility index (Phi) is 5.16. The zero-order valence-electron chi connectivity index (χ0n) is 11.6. The molecule has 1 fully saturated rings. The minimum Gasteiger partial charge on any atom is -0.384 e. The van der Waals surface area contributed by atoms with Crippen molar-refractivity contribution in [2.24, 2.45) is 0 Å². The fourth-order valence-corrected chi connectivity index (χ4v) is 2.19. The number of carbonyl (C=O) groups is 1. The number of aliphatic hydroxyl groups is 1. The Labute approximate surface area is 119 Å². The number of carbonyl (C=O) groups excluding carboxylic acids is 1. The monoisotopic (exact) mass is 273 g/mol. The van der Waals surface area contributed by atoms with Gasteiger partial charge in [-0.2, -0.15) is 0 Å². The minimum absolute atomic E-state index is 0.0849. The molecule has 0 aliphatic carbocycles. The van der Waals surface area contributed by atoms with Gasteiger partial charge in [0, 0.05) is 17.9 Å². The number of nitrogens with one attached hydrogen (secondary N) is 1. The van der Waals surface area contributed by atoms with E-state index in [-0.39, 0.29) is 18.6 Å². The van der Waals surface area contributed by atoms with E-state index in [1.165, 1.54) is 0 Å². The van der Waals surface area contributed by atoms with Crippen molar-refractivity contribution in [2.45, 2.75) is 32.3 Å². The second-order valence-corrected chi connectivity index (χ2v) is 4.83. The van der Waals surface area contributed by atoms with Crippen molar-refractivity contribution in [3.8, 4) is 11.8 Å². The van der Waals surface area contributed by atoms with Crippen LogP contribution in [0.1, 0.15) is 30.4 Å². The Hall–Kier alpha value is -1.83. The lowest BCUT2D eigenvalue weighted by Gasteiger charge is -2.21. The Morgan fingerprint density at radius 3 is 3.00 bits per heavy atom. The van der Waals surface area contributed by atoms with Crippen LogP contribution in [0, 0.1) is 18.8 Å². The summed E-state index contributed by atoms with van der Waals surface area (Å²) in [5, 5.41) is 11.6. The Morgan fingerprint density at radius 2 is 2.35 bits per heavy atom. The molecule has 0 bridgehead atoms. The first-order valence-corrected chi connectivity index (χ1v) is 6.83. The predicted octanol–water partition coefficient (Wildman–Crippen LogP) is 1.85. The third kappa shape index (κ3) is 3.83. The van der Waals surface area contributed by atoms with Gasteiger partial charge in [0.1, 0.15) is 12.7 Å². The fourth-order valence-electron chi connectivity index (χ4n) is 2.19. The average molecular weight is 273 g/mol. The van der Waals surface area contributed by atoms with Gasteiger partial charge in [-0.25, -0.2) is 0 Å². The van der Waals surface area contributed by atoms with E-state index in [1.54, 1.807) is 0 Å². The highest BCUT2D eigenvalue weighted by Gasteiger charge is 2.21. The van der Waals surface area contributed by atoms with Crippen LogP contribution in [-0.4, -0.2) is 30.3 Å². The summed E-state index contributed by atoms with van der Waals surface area (Å²) in [5.41, 5.74) is 2.57. The summed E-state index contributed by atoms with van der Waals surface area (Å²) < 4.78 is 5.46. The molecule has 1 aromatic rings. The molecular weight excluding hydrogens is 254 g/mol. The van der Waals surface area contributed by atoms with Crippen molar-refractivity contribution in [1.82, 2.24) is 0 Å². The molecule has 1 saturated heterocycles. The highest BCUT2D eigenvalue weighted by molar-refractivity contribution is 5.94. The highest BCUT2D eigenvalue weighted by Crippen LogP contribution is 2.18. The first-order chi connectivity index (χ1) is 9.70. The molecule has 4 nitrogen and oxygen atoms in total. The molecule has 0 aromatic heterocycles. The molecule has 106 valence electrons. The van der Waals surface area contributed by atoms with Crippen LogP contribution in [0.15, 0.2) is 18.2 Å². The van der Waals surface area contributed by atoms with Crippen LogP contribution in [0.25, 0.3) is 0 Å². The molecule has 1 atom stereocenters. The van der Waals surface area contributed by atoms with Crippen LogP contribution in [0.5, 0.6) is 0 Å². The maximum absolute atomic E-state index is 12.0. The van der Waals surface area contributed by atoms with E-state index in [0.29, 0.717) is 6.61 Å². The van der Waals surface area contributed by atoms with Gasteiger partial charge in [-0.05, 0) is 49.9 Å². The molecule has 4 heteroatoms. The molecule has 1 unspecified atom stereocenters. The Morgan fingerprint density at radius 1 is 1.50 bits per heavy atom. The number of ether oxygens (including phenoxy) is 1. The highest BCUT2D eigenvalue weighted by atomic mass is 16.5. The van der Waals surface area contributed by atoms with Crippen LogP contribution >= 0.6 is 0 Å². The van der Waals surface area contributed by atoms with Gasteiger partial charge >= 0.3 is 0 Å². The molecule has 20 heavy (non-hydrogen) atoms. The van der Waals surface area contributed by atoms with Crippen LogP contribution in [0.4, 0.5) is 5.69 Å². The number of hydrogen-bond acceptors (Lipinski definition) is 3. The summed E-state index contributed by atoms with van der Waals surface area (Å²) >= 11 is 0. The van der Waals surface area contributed by atoms with E-state index >= 15 is 0 Å². The largest absolute Gasteiger partial charge is 0.384 e. The van der Waals surface area contributed by atoms with Crippen molar-refractivity contribution in [1.29, 1.82) is 0 Å². The van der Waals surface area contributed by atoms with Gasteiger partial charge in [0.05, 0.1) is 0 Å². The van der Waals surface area contributed by atoms with E-state index in [9.17, 15) is 4.79 Å². The molecular formula is C16H19NO3. The van der Waals surface area contributed by atoms with Crippen molar-refractivity contribution >= 4 is 11.6 Å². The molecule has 1 aliphatic rings. The lowest BCUT2D eigenvalue weighted by atomic mass is 10.1. The zero-order valence-corrected chi connectivity index (χ0v) is 11.6. The fraction of sp³-hybridized carbons (Fsp3) is 0.438. The maximum atomic E-state index is 12.0. The predicted molar refractivity (Wildman–Crippen MR) is 77.4 cm³/mol. The summed E-state index contributed by atoms with van der Waals surface area (Å²) in [4.78, 5) is 12.0. The van der Waals surface area contributed by atoms with Gasteiger partial charge in [-0.15, -0.1) is 0 Å². The minimum atomic E-state index is -0.335. The number of aryl methyl sites for hydroxylation is 1. The SMILES string of the molecule is Cc1cc(NC(=O)C2CCCCO2)ccc1C#CCO. The molecule has 0 saturated carbocycles. The van der Waals surface area contributed by atoms with Crippen molar-refractivity contribution in [3.63, 3.8) is 0 Å². The summed E-state index contributed by atoms with van der Waals surface area (Å²) in [6.07, 6.45) is 2.51. The normalized spacial score (nSPS) is 18.0.